The summed E-state index contributed by atoms with van der Waals surface area (Å²) in [6, 6.07) is 15.3. The molecular formula is C20H19NO5. The van der Waals surface area contributed by atoms with Gasteiger partial charge in [-0.2, -0.15) is 0 Å². The van der Waals surface area contributed by atoms with Gasteiger partial charge in [0.15, 0.2) is 0 Å². The van der Waals surface area contributed by atoms with Crippen molar-refractivity contribution in [1.29, 1.82) is 0 Å². The predicted octanol–water partition coefficient (Wildman–Crippen LogP) is 2.80. The van der Waals surface area contributed by atoms with Gasteiger partial charge in [-0.1, -0.05) is 36.4 Å². The first-order valence-electron chi connectivity index (χ1n) is 8.04. The maximum atomic E-state index is 12.0. The minimum Gasteiger partial charge on any atom is -0.481 e. The molecule has 0 aliphatic rings. The molecular weight excluding hydrogens is 334 g/mol. The summed E-state index contributed by atoms with van der Waals surface area (Å²) >= 11 is 0. The summed E-state index contributed by atoms with van der Waals surface area (Å²) in [5.41, 5.74) is 1.66. The number of methoxy groups -OCH3 is 2. The lowest BCUT2D eigenvalue weighted by Gasteiger charge is -2.20. The van der Waals surface area contributed by atoms with E-state index in [1.807, 2.05) is 6.07 Å². The van der Waals surface area contributed by atoms with Crippen LogP contribution in [0.2, 0.25) is 0 Å². The Morgan fingerprint density at radius 2 is 1.69 bits per heavy atom. The van der Waals surface area contributed by atoms with Gasteiger partial charge < -0.3 is 19.7 Å². The number of ether oxygens (including phenoxy) is 2. The molecule has 0 aliphatic carbocycles. The van der Waals surface area contributed by atoms with Crippen LogP contribution in [0.5, 0.6) is 5.88 Å². The molecule has 0 fully saturated rings. The summed E-state index contributed by atoms with van der Waals surface area (Å²) in [5, 5.41) is 21.8. The van der Waals surface area contributed by atoms with Crippen LogP contribution in [0.4, 0.5) is 0 Å². The van der Waals surface area contributed by atoms with Crippen molar-refractivity contribution in [2.24, 2.45) is 0 Å². The van der Waals surface area contributed by atoms with E-state index in [2.05, 4.69) is 4.98 Å². The van der Waals surface area contributed by atoms with Gasteiger partial charge in [0.05, 0.1) is 25.3 Å². The van der Waals surface area contributed by atoms with Gasteiger partial charge >= 0.3 is 5.97 Å². The molecule has 134 valence electrons. The molecule has 6 nitrogen and oxygen atoms in total. The van der Waals surface area contributed by atoms with Crippen molar-refractivity contribution in [2.45, 2.75) is 12.2 Å². The van der Waals surface area contributed by atoms with Crippen LogP contribution in [0.15, 0.2) is 54.6 Å². The summed E-state index contributed by atoms with van der Waals surface area (Å²) in [7, 11) is 2.78. The van der Waals surface area contributed by atoms with Crippen molar-refractivity contribution >= 4 is 16.9 Å². The molecule has 0 aliphatic heterocycles. The van der Waals surface area contributed by atoms with Gasteiger partial charge in [0.2, 0.25) is 5.88 Å². The molecule has 1 aromatic heterocycles. The zero-order valence-electron chi connectivity index (χ0n) is 14.4. The van der Waals surface area contributed by atoms with Crippen molar-refractivity contribution < 1.29 is 24.5 Å². The number of hydrogen-bond donors (Lipinski definition) is 2. The molecule has 0 radical (unpaired) electrons. The first kappa shape index (κ1) is 17.8. The number of esters is 1. The summed E-state index contributed by atoms with van der Waals surface area (Å²) in [4.78, 5) is 16.4. The van der Waals surface area contributed by atoms with Gasteiger partial charge in [0.1, 0.15) is 12.2 Å². The van der Waals surface area contributed by atoms with E-state index in [-0.39, 0.29) is 0 Å². The van der Waals surface area contributed by atoms with Crippen LogP contribution in [0, 0.1) is 0 Å². The maximum Gasteiger partial charge on any atom is 0.338 e. The lowest BCUT2D eigenvalue weighted by Crippen LogP contribution is -2.12. The molecule has 0 unspecified atom stereocenters. The number of nitrogens with zero attached hydrogens (tertiary/aromatic N) is 1. The van der Waals surface area contributed by atoms with E-state index >= 15 is 0 Å². The molecule has 0 saturated heterocycles. The molecule has 3 aromatic rings. The van der Waals surface area contributed by atoms with Gasteiger partial charge in [-0.15, -0.1) is 0 Å². The molecule has 0 saturated carbocycles. The highest BCUT2D eigenvalue weighted by atomic mass is 16.5. The first-order valence-corrected chi connectivity index (χ1v) is 8.04. The number of rotatable bonds is 5. The first-order chi connectivity index (χ1) is 12.6. The molecule has 6 heteroatoms. The van der Waals surface area contributed by atoms with E-state index in [1.54, 1.807) is 48.5 Å². The fraction of sp³-hybridized carbons (Fsp3) is 0.200. The van der Waals surface area contributed by atoms with Gasteiger partial charge in [-0.05, 0) is 17.7 Å². The fourth-order valence-electron chi connectivity index (χ4n) is 2.86. The monoisotopic (exact) mass is 353 g/mol. The van der Waals surface area contributed by atoms with Crippen LogP contribution in [-0.2, 0) is 4.74 Å². The quantitative estimate of drug-likeness (QED) is 0.686. The number of carbonyl (C=O) groups is 1. The van der Waals surface area contributed by atoms with E-state index in [0.29, 0.717) is 33.5 Å². The number of pyridine rings is 1. The van der Waals surface area contributed by atoms with Crippen molar-refractivity contribution in [3.8, 4) is 5.88 Å². The summed E-state index contributed by atoms with van der Waals surface area (Å²) in [6.45, 7) is 0. The molecule has 1 heterocycles. The zero-order chi connectivity index (χ0) is 18.7. The second-order valence-corrected chi connectivity index (χ2v) is 5.74. The molecule has 0 spiro atoms. The van der Waals surface area contributed by atoms with Crippen LogP contribution in [0.25, 0.3) is 10.9 Å². The highest BCUT2D eigenvalue weighted by molar-refractivity contribution is 6.04. The third-order valence-corrected chi connectivity index (χ3v) is 4.24. The summed E-state index contributed by atoms with van der Waals surface area (Å²) < 4.78 is 9.97. The Balaban J connectivity index is 2.14. The number of aliphatic hydroxyl groups is 2. The number of hydrogen-bond acceptors (Lipinski definition) is 6. The van der Waals surface area contributed by atoms with Crippen LogP contribution in [0.3, 0.4) is 0 Å². The standard InChI is InChI=1S/C20H19NO5/c1-25-16-11-10-13-14(20(24)26-2)8-9-15(17(13)21-16)19(23)18(22)12-6-4-3-5-7-12/h3-11,18-19,22-23H,1-2H3/t18-,19+/m0/s1. The van der Waals surface area contributed by atoms with Crippen molar-refractivity contribution in [1.82, 2.24) is 4.98 Å². The molecule has 2 aromatic carbocycles. The van der Waals surface area contributed by atoms with Crippen molar-refractivity contribution in [2.75, 3.05) is 14.2 Å². The second kappa shape index (κ2) is 7.51. The van der Waals surface area contributed by atoms with Gasteiger partial charge in [0.25, 0.3) is 0 Å². The Morgan fingerprint density at radius 1 is 0.962 bits per heavy atom. The number of carbonyl (C=O) groups excluding carboxylic acids is 1. The van der Waals surface area contributed by atoms with E-state index in [0.717, 1.165) is 0 Å². The predicted molar refractivity (Wildman–Crippen MR) is 96.0 cm³/mol. The maximum absolute atomic E-state index is 12.0. The van der Waals surface area contributed by atoms with E-state index in [1.165, 1.54) is 14.2 Å². The third-order valence-electron chi connectivity index (χ3n) is 4.24. The van der Waals surface area contributed by atoms with Crippen molar-refractivity contribution in [3.05, 3.63) is 71.3 Å². The van der Waals surface area contributed by atoms with Gasteiger partial charge in [-0.3, -0.25) is 0 Å². The molecule has 2 N–H and O–H groups in total. The van der Waals surface area contributed by atoms with Crippen molar-refractivity contribution in [3.63, 3.8) is 0 Å². The summed E-state index contributed by atoms with van der Waals surface area (Å²) in [6.07, 6.45) is -2.37. The van der Waals surface area contributed by atoms with Gasteiger partial charge in [0, 0.05) is 17.0 Å². The fourth-order valence-corrected chi connectivity index (χ4v) is 2.86. The summed E-state index contributed by atoms with van der Waals surface area (Å²) in [5.74, 6) is -0.172. The number of aliphatic hydroxyl groups excluding tert-OH is 2. The average Bonchev–Trinajstić information content (AvgIpc) is 2.71. The van der Waals surface area contributed by atoms with E-state index in [9.17, 15) is 15.0 Å². The molecule has 3 rings (SSSR count). The van der Waals surface area contributed by atoms with Gasteiger partial charge in [-0.25, -0.2) is 9.78 Å². The number of aromatic nitrogens is 1. The lowest BCUT2D eigenvalue weighted by molar-refractivity contribution is 0.0180. The number of fused-ring (bicyclic) bond motifs is 1. The zero-order valence-corrected chi connectivity index (χ0v) is 14.4. The molecule has 2 atom stereocenters. The molecule has 0 bridgehead atoms. The Bertz CT molecular complexity index is 926. The van der Waals surface area contributed by atoms with E-state index < -0.39 is 18.2 Å². The SMILES string of the molecule is COC(=O)c1ccc([C@@H](O)[C@@H](O)c2ccccc2)c2nc(OC)ccc12. The Hall–Kier alpha value is -2.96. The smallest absolute Gasteiger partial charge is 0.338 e. The third kappa shape index (κ3) is 3.24. The van der Waals surface area contributed by atoms with Crippen LogP contribution >= 0.6 is 0 Å². The molecule has 26 heavy (non-hydrogen) atoms. The second-order valence-electron chi connectivity index (χ2n) is 5.74. The van der Waals surface area contributed by atoms with Crippen LogP contribution in [-0.4, -0.2) is 35.4 Å². The minimum absolute atomic E-state index is 0.322. The highest BCUT2D eigenvalue weighted by Crippen LogP contribution is 2.34. The Morgan fingerprint density at radius 3 is 2.35 bits per heavy atom. The Labute approximate surface area is 150 Å². The topological polar surface area (TPSA) is 88.9 Å². The minimum atomic E-state index is -1.23. The lowest BCUT2D eigenvalue weighted by atomic mass is 9.94. The largest absolute Gasteiger partial charge is 0.481 e. The number of benzene rings is 2. The Kier molecular flexibility index (Phi) is 5.16. The normalized spacial score (nSPS) is 13.2. The average molecular weight is 353 g/mol. The van der Waals surface area contributed by atoms with Crippen LogP contribution in [0.1, 0.15) is 33.7 Å². The highest BCUT2D eigenvalue weighted by Gasteiger charge is 2.25. The molecule has 0 amide bonds. The van der Waals surface area contributed by atoms with E-state index in [4.69, 9.17) is 9.47 Å². The van der Waals surface area contributed by atoms with Crippen LogP contribution < -0.4 is 4.74 Å².